The number of aryl methyl sites for hydroxylation is 1. The first-order valence-corrected chi connectivity index (χ1v) is 11.0. The molecule has 4 rings (SSSR count). The van der Waals surface area contributed by atoms with E-state index in [4.69, 9.17) is 4.52 Å². The monoisotopic (exact) mass is 420 g/mol. The predicted octanol–water partition coefficient (Wildman–Crippen LogP) is 4.93. The van der Waals surface area contributed by atoms with Crippen molar-refractivity contribution in [3.8, 4) is 0 Å². The topological polar surface area (TPSA) is 92.8 Å². The van der Waals surface area contributed by atoms with Gasteiger partial charge < -0.3 is 9.63 Å². The lowest BCUT2D eigenvalue weighted by atomic mass is 9.81. The Kier molecular flexibility index (Phi) is 6.16. The Bertz CT molecular complexity index is 1050. The average molecular weight is 421 g/mol. The van der Waals surface area contributed by atoms with Crippen molar-refractivity contribution in [2.24, 2.45) is 4.99 Å². The number of allylic oxidation sites excluding steroid dienone is 2. The fraction of sp³-hybridized carbons (Fsp3) is 0.440. The first kappa shape index (κ1) is 21.2. The predicted molar refractivity (Wildman–Crippen MR) is 118 cm³/mol. The molecule has 0 radical (unpaired) electrons. The summed E-state index contributed by atoms with van der Waals surface area (Å²) in [6.45, 7) is 3.91. The Morgan fingerprint density at radius 2 is 1.94 bits per heavy atom. The third-order valence-electron chi connectivity index (χ3n) is 5.93. The zero-order valence-electron chi connectivity index (χ0n) is 18.1. The van der Waals surface area contributed by atoms with Crippen LogP contribution in [0.15, 0.2) is 51.2 Å². The first-order valence-electron chi connectivity index (χ1n) is 11.0. The van der Waals surface area contributed by atoms with Crippen LogP contribution in [0.2, 0.25) is 0 Å². The van der Waals surface area contributed by atoms with Gasteiger partial charge in [0, 0.05) is 43.9 Å². The van der Waals surface area contributed by atoms with E-state index >= 15 is 0 Å². The maximum absolute atomic E-state index is 12.9. The number of rotatable bonds is 5. The standard InChI is InChI=1S/C25H28N2O4/c1-15(2)26-18-9-6-10-20(28)24(18)21(29)12-11-19-25-22(30)13-17(14-23(25)31-27-19)16-7-4-3-5-8-16/h3-5,7-8,15,17,29H,6,9-14H2,1-2H3/b24-21+,26-18?. The molecule has 2 aliphatic rings. The van der Waals surface area contributed by atoms with Crippen molar-refractivity contribution in [2.75, 3.05) is 0 Å². The van der Waals surface area contributed by atoms with Gasteiger partial charge in [-0.15, -0.1) is 0 Å². The highest BCUT2D eigenvalue weighted by Crippen LogP contribution is 2.35. The number of aliphatic hydroxyl groups excluding tert-OH is 1. The molecule has 162 valence electrons. The molecule has 1 atom stereocenters. The van der Waals surface area contributed by atoms with E-state index in [-0.39, 0.29) is 35.7 Å². The van der Waals surface area contributed by atoms with Gasteiger partial charge in [-0.25, -0.2) is 0 Å². The van der Waals surface area contributed by atoms with Crippen LogP contribution >= 0.6 is 0 Å². The minimum atomic E-state index is -0.0629. The largest absolute Gasteiger partial charge is 0.511 e. The zero-order valence-corrected chi connectivity index (χ0v) is 18.1. The van der Waals surface area contributed by atoms with E-state index in [1.54, 1.807) is 0 Å². The molecule has 2 aromatic rings. The van der Waals surface area contributed by atoms with Crippen LogP contribution in [0.1, 0.15) is 79.2 Å². The molecule has 0 bridgehead atoms. The Balaban J connectivity index is 1.53. The van der Waals surface area contributed by atoms with Gasteiger partial charge in [0.15, 0.2) is 11.6 Å². The van der Waals surface area contributed by atoms with Gasteiger partial charge >= 0.3 is 0 Å². The molecule has 1 fully saturated rings. The van der Waals surface area contributed by atoms with Crippen molar-refractivity contribution in [3.05, 3.63) is 64.2 Å². The second kappa shape index (κ2) is 9.00. The van der Waals surface area contributed by atoms with Gasteiger partial charge in [0.2, 0.25) is 0 Å². The van der Waals surface area contributed by atoms with Crippen LogP contribution in [0.5, 0.6) is 0 Å². The summed E-state index contributed by atoms with van der Waals surface area (Å²) in [5, 5.41) is 14.9. The number of aliphatic hydroxyl groups is 1. The molecule has 2 aliphatic carbocycles. The number of carbonyl (C=O) groups is 2. The number of aromatic nitrogens is 1. The SMILES string of the molecule is CC(C)N=C1CCCC(=O)/C1=C(/O)CCc1noc2c1C(=O)CC(c1ccccc1)C2. The summed E-state index contributed by atoms with van der Waals surface area (Å²) in [5.74, 6) is 0.697. The third kappa shape index (κ3) is 4.53. The molecule has 6 nitrogen and oxygen atoms in total. The molecule has 1 heterocycles. The smallest absolute Gasteiger partial charge is 0.168 e. The number of hydrogen-bond donors (Lipinski definition) is 1. The van der Waals surface area contributed by atoms with E-state index in [1.807, 2.05) is 44.2 Å². The van der Waals surface area contributed by atoms with Gasteiger partial charge in [0.1, 0.15) is 11.5 Å². The number of Topliss-reactive ketones (excluding diaryl/α,β-unsaturated/α-hetero) is 2. The lowest BCUT2D eigenvalue weighted by Gasteiger charge is -2.20. The summed E-state index contributed by atoms with van der Waals surface area (Å²) < 4.78 is 5.52. The molecular formula is C25H28N2O4. The van der Waals surface area contributed by atoms with Gasteiger partial charge in [-0.1, -0.05) is 35.5 Å². The summed E-state index contributed by atoms with van der Waals surface area (Å²) in [5.41, 5.74) is 3.27. The number of carbonyl (C=O) groups excluding carboxylic acids is 2. The van der Waals surface area contributed by atoms with Gasteiger partial charge in [-0.05, 0) is 38.2 Å². The minimum Gasteiger partial charge on any atom is -0.511 e. The molecule has 0 amide bonds. The number of nitrogens with zero attached hydrogens (tertiary/aromatic N) is 2. The molecule has 1 aromatic carbocycles. The Labute approximate surface area is 182 Å². The highest BCUT2D eigenvalue weighted by molar-refractivity contribution is 6.24. The van der Waals surface area contributed by atoms with Crippen molar-refractivity contribution >= 4 is 17.3 Å². The van der Waals surface area contributed by atoms with Crippen LogP contribution in [0.25, 0.3) is 0 Å². The third-order valence-corrected chi connectivity index (χ3v) is 5.93. The van der Waals surface area contributed by atoms with E-state index in [1.165, 1.54) is 0 Å². The number of hydrogen-bond acceptors (Lipinski definition) is 6. The van der Waals surface area contributed by atoms with E-state index < -0.39 is 0 Å². The van der Waals surface area contributed by atoms with Crippen LogP contribution in [-0.2, 0) is 17.6 Å². The molecular weight excluding hydrogens is 392 g/mol. The first-order chi connectivity index (χ1) is 14.9. The normalized spacial score (nSPS) is 22.2. The number of aliphatic imine (C=N–C) groups is 1. The molecule has 31 heavy (non-hydrogen) atoms. The summed E-state index contributed by atoms with van der Waals surface area (Å²) in [6, 6.07) is 10.0. The van der Waals surface area contributed by atoms with Crippen LogP contribution in [-0.4, -0.2) is 33.6 Å². The van der Waals surface area contributed by atoms with Crippen LogP contribution in [0.3, 0.4) is 0 Å². The van der Waals surface area contributed by atoms with Crippen LogP contribution < -0.4 is 0 Å². The maximum Gasteiger partial charge on any atom is 0.168 e. The molecule has 1 unspecified atom stereocenters. The van der Waals surface area contributed by atoms with Crippen molar-refractivity contribution < 1.29 is 19.2 Å². The van der Waals surface area contributed by atoms with E-state index in [2.05, 4.69) is 10.1 Å². The molecule has 1 saturated carbocycles. The highest BCUT2D eigenvalue weighted by Gasteiger charge is 2.33. The summed E-state index contributed by atoms with van der Waals surface area (Å²) >= 11 is 0. The maximum atomic E-state index is 12.9. The van der Waals surface area contributed by atoms with Gasteiger partial charge in [0.05, 0.1) is 16.8 Å². The lowest BCUT2D eigenvalue weighted by Crippen LogP contribution is -2.22. The Morgan fingerprint density at radius 3 is 2.68 bits per heavy atom. The molecule has 6 heteroatoms. The van der Waals surface area contributed by atoms with Gasteiger partial charge in [-0.3, -0.25) is 14.6 Å². The quantitative estimate of drug-likeness (QED) is 0.547. The van der Waals surface area contributed by atoms with Crippen molar-refractivity contribution in [2.45, 2.75) is 70.8 Å². The number of fused-ring (bicyclic) bond motifs is 1. The van der Waals surface area contributed by atoms with Crippen LogP contribution in [0, 0.1) is 0 Å². The summed E-state index contributed by atoms with van der Waals surface area (Å²) in [6.07, 6.45) is 3.51. The van der Waals surface area contributed by atoms with E-state index in [0.29, 0.717) is 60.4 Å². The summed E-state index contributed by atoms with van der Waals surface area (Å²) in [4.78, 5) is 29.9. The number of ketones is 2. The van der Waals surface area contributed by atoms with Crippen LogP contribution in [0.4, 0.5) is 0 Å². The average Bonchev–Trinajstić information content (AvgIpc) is 3.16. The fourth-order valence-electron chi connectivity index (χ4n) is 4.53. The Morgan fingerprint density at radius 1 is 1.16 bits per heavy atom. The molecule has 0 saturated heterocycles. The highest BCUT2D eigenvalue weighted by atomic mass is 16.5. The lowest BCUT2D eigenvalue weighted by molar-refractivity contribution is -0.115. The second-order valence-corrected chi connectivity index (χ2v) is 8.63. The summed E-state index contributed by atoms with van der Waals surface area (Å²) in [7, 11) is 0. The van der Waals surface area contributed by atoms with Crippen molar-refractivity contribution in [1.29, 1.82) is 0 Å². The van der Waals surface area contributed by atoms with Crippen molar-refractivity contribution in [1.82, 2.24) is 5.16 Å². The second-order valence-electron chi connectivity index (χ2n) is 8.63. The fourth-order valence-corrected chi connectivity index (χ4v) is 4.53. The Hall–Kier alpha value is -3.02. The molecule has 1 aromatic heterocycles. The molecule has 0 aliphatic heterocycles. The number of benzene rings is 1. The van der Waals surface area contributed by atoms with Gasteiger partial charge in [0.25, 0.3) is 0 Å². The molecule has 1 N–H and O–H groups in total. The van der Waals surface area contributed by atoms with E-state index in [9.17, 15) is 14.7 Å². The minimum absolute atomic E-state index is 0.0225. The van der Waals surface area contributed by atoms with Gasteiger partial charge in [-0.2, -0.15) is 0 Å². The molecule has 0 spiro atoms. The van der Waals surface area contributed by atoms with Crippen molar-refractivity contribution in [3.63, 3.8) is 0 Å². The zero-order chi connectivity index (χ0) is 22.0. The van der Waals surface area contributed by atoms with E-state index in [0.717, 1.165) is 12.0 Å².